The molecule has 0 saturated carbocycles. The fraction of sp³-hybridized carbons (Fsp3) is 0.375. The molecule has 0 atom stereocenters. The molecule has 1 aliphatic rings. The van der Waals surface area contributed by atoms with Crippen LogP contribution in [0, 0.1) is 5.92 Å². The number of imide groups is 1. The third-order valence-corrected chi connectivity index (χ3v) is 5.84. The molecule has 1 aromatic heterocycles. The minimum absolute atomic E-state index is 0.240. The number of ether oxygens (including phenoxy) is 1. The van der Waals surface area contributed by atoms with Gasteiger partial charge in [0.2, 0.25) is 5.91 Å². The molecule has 32 heavy (non-hydrogen) atoms. The van der Waals surface area contributed by atoms with Gasteiger partial charge in [-0.15, -0.1) is 0 Å². The molecule has 2 heterocycles. The first-order valence-electron chi connectivity index (χ1n) is 11.0. The van der Waals surface area contributed by atoms with Crippen LogP contribution in [0.4, 0.5) is 4.79 Å². The minimum Gasteiger partial charge on any atom is -0.486 e. The van der Waals surface area contributed by atoms with E-state index in [1.807, 2.05) is 48.5 Å². The molecule has 4 rings (SSSR count). The van der Waals surface area contributed by atoms with Crippen molar-refractivity contribution in [3.63, 3.8) is 0 Å². The summed E-state index contributed by atoms with van der Waals surface area (Å²) in [4.78, 5) is 30.2. The van der Waals surface area contributed by atoms with Crippen molar-refractivity contribution in [2.24, 2.45) is 5.92 Å². The zero-order valence-corrected chi connectivity index (χ0v) is 18.3. The molecule has 0 radical (unpaired) electrons. The van der Waals surface area contributed by atoms with E-state index in [4.69, 9.17) is 9.72 Å². The Labute approximate surface area is 187 Å². The highest BCUT2D eigenvalue weighted by Gasteiger charge is 2.23. The Morgan fingerprint density at radius 2 is 1.78 bits per heavy atom. The average Bonchev–Trinajstić information content (AvgIpc) is 3.16. The zero-order chi connectivity index (χ0) is 22.3. The molecule has 0 bridgehead atoms. The predicted molar refractivity (Wildman–Crippen MR) is 122 cm³/mol. The number of hydrogen-bond acceptors (Lipinski definition) is 5. The predicted octanol–water partition coefficient (Wildman–Crippen LogP) is 2.78. The van der Waals surface area contributed by atoms with Gasteiger partial charge in [-0.3, -0.25) is 15.0 Å². The lowest BCUT2D eigenvalue weighted by Crippen LogP contribution is -2.45. The summed E-state index contributed by atoms with van der Waals surface area (Å²) >= 11 is 0. The number of carbonyl (C=O) groups excluding carboxylic acids is 2. The zero-order valence-electron chi connectivity index (χ0n) is 18.3. The molecule has 0 spiro atoms. The fourth-order valence-electron chi connectivity index (χ4n) is 4.12. The largest absolute Gasteiger partial charge is 0.486 e. The quantitative estimate of drug-likeness (QED) is 0.596. The van der Waals surface area contributed by atoms with Crippen molar-refractivity contribution in [3.05, 3.63) is 60.4 Å². The Hall–Kier alpha value is -3.39. The number of para-hydroxylation sites is 3. The summed E-state index contributed by atoms with van der Waals surface area (Å²) in [5, 5.41) is 4.72. The number of piperidine rings is 1. The third kappa shape index (κ3) is 5.45. The van der Waals surface area contributed by atoms with E-state index in [-0.39, 0.29) is 12.5 Å². The van der Waals surface area contributed by atoms with Gasteiger partial charge < -0.3 is 14.6 Å². The van der Waals surface area contributed by atoms with E-state index < -0.39 is 6.03 Å². The molecule has 1 saturated heterocycles. The van der Waals surface area contributed by atoms with Crippen molar-refractivity contribution in [3.8, 4) is 5.75 Å². The topological polar surface area (TPSA) is 88.5 Å². The number of carbonyl (C=O) groups is 2. The van der Waals surface area contributed by atoms with Gasteiger partial charge in [-0.05, 0) is 56.1 Å². The van der Waals surface area contributed by atoms with E-state index in [1.54, 1.807) is 0 Å². The van der Waals surface area contributed by atoms with Crippen molar-refractivity contribution in [2.45, 2.75) is 26.0 Å². The van der Waals surface area contributed by atoms with Crippen LogP contribution >= 0.6 is 0 Å². The van der Waals surface area contributed by atoms with Crippen molar-refractivity contribution >= 4 is 23.0 Å². The molecule has 3 amide bonds. The second-order valence-electron chi connectivity index (χ2n) is 8.08. The Morgan fingerprint density at radius 3 is 2.53 bits per heavy atom. The van der Waals surface area contributed by atoms with Crippen LogP contribution in [-0.4, -0.2) is 53.1 Å². The number of fused-ring (bicyclic) bond motifs is 1. The summed E-state index contributed by atoms with van der Waals surface area (Å²) in [7, 11) is 1.49. The van der Waals surface area contributed by atoms with Crippen molar-refractivity contribution < 1.29 is 14.3 Å². The van der Waals surface area contributed by atoms with Crippen LogP contribution in [0.5, 0.6) is 5.75 Å². The van der Waals surface area contributed by atoms with E-state index >= 15 is 0 Å². The molecule has 0 aliphatic carbocycles. The van der Waals surface area contributed by atoms with Crippen LogP contribution in [0.25, 0.3) is 11.0 Å². The smallest absolute Gasteiger partial charge is 0.321 e. The molecule has 3 aromatic rings. The molecule has 0 unspecified atom stereocenters. The molecular formula is C24H29N5O3. The highest BCUT2D eigenvalue weighted by atomic mass is 16.5. The number of urea groups is 1. The van der Waals surface area contributed by atoms with Gasteiger partial charge in [-0.1, -0.05) is 30.3 Å². The molecule has 8 heteroatoms. The second-order valence-corrected chi connectivity index (χ2v) is 8.08. The second kappa shape index (κ2) is 10.3. The number of aromatic nitrogens is 2. The van der Waals surface area contributed by atoms with Crippen LogP contribution in [0.3, 0.4) is 0 Å². The average molecular weight is 436 g/mol. The van der Waals surface area contributed by atoms with Gasteiger partial charge >= 0.3 is 6.03 Å². The summed E-state index contributed by atoms with van der Waals surface area (Å²) in [6.07, 6.45) is 1.97. The number of rotatable bonds is 7. The van der Waals surface area contributed by atoms with Gasteiger partial charge in [-0.2, -0.15) is 0 Å². The number of amides is 3. The van der Waals surface area contributed by atoms with Crippen LogP contribution < -0.4 is 15.4 Å². The molecule has 2 N–H and O–H groups in total. The number of imidazole rings is 1. The highest BCUT2D eigenvalue weighted by molar-refractivity contribution is 5.95. The van der Waals surface area contributed by atoms with E-state index in [9.17, 15) is 9.59 Å². The van der Waals surface area contributed by atoms with E-state index in [2.05, 4.69) is 26.2 Å². The summed E-state index contributed by atoms with van der Waals surface area (Å²) in [5.74, 6) is 1.96. The first-order chi connectivity index (χ1) is 15.6. The van der Waals surface area contributed by atoms with Gasteiger partial charge in [0.25, 0.3) is 0 Å². The van der Waals surface area contributed by atoms with Crippen LogP contribution in [0.2, 0.25) is 0 Å². The van der Waals surface area contributed by atoms with Gasteiger partial charge in [-0.25, -0.2) is 9.78 Å². The minimum atomic E-state index is -0.470. The van der Waals surface area contributed by atoms with E-state index in [1.165, 1.54) is 7.05 Å². The van der Waals surface area contributed by atoms with Crippen molar-refractivity contribution in [1.29, 1.82) is 0 Å². The Balaban J connectivity index is 1.38. The monoisotopic (exact) mass is 435 g/mol. The van der Waals surface area contributed by atoms with Crippen LogP contribution in [0.1, 0.15) is 18.7 Å². The Bertz CT molecular complexity index is 1060. The van der Waals surface area contributed by atoms with Gasteiger partial charge in [0.05, 0.1) is 17.6 Å². The molecule has 1 aliphatic heterocycles. The lowest BCUT2D eigenvalue weighted by Gasteiger charge is -2.31. The van der Waals surface area contributed by atoms with Gasteiger partial charge in [0, 0.05) is 13.6 Å². The molecular weight excluding hydrogens is 406 g/mol. The molecule has 8 nitrogen and oxygen atoms in total. The van der Waals surface area contributed by atoms with E-state index in [0.717, 1.165) is 55.1 Å². The maximum absolute atomic E-state index is 12.0. The standard InChI is InChI=1S/C24H29N5O3/c1-25-24(31)27-23(30)16-28-13-11-18(12-14-28)15-29-21-10-6-5-9-20(21)26-22(29)17-32-19-7-3-2-4-8-19/h2-10,18H,11-17H2,1H3,(H2,25,27,30,31). The van der Waals surface area contributed by atoms with E-state index in [0.29, 0.717) is 12.5 Å². The summed E-state index contributed by atoms with van der Waals surface area (Å²) in [6, 6.07) is 17.5. The van der Waals surface area contributed by atoms with Gasteiger partial charge in [0.15, 0.2) is 0 Å². The van der Waals surface area contributed by atoms with Crippen LogP contribution in [0.15, 0.2) is 54.6 Å². The summed E-state index contributed by atoms with van der Waals surface area (Å²) < 4.78 is 8.26. The van der Waals surface area contributed by atoms with Gasteiger partial charge in [0.1, 0.15) is 18.2 Å². The number of hydrogen-bond donors (Lipinski definition) is 2. The van der Waals surface area contributed by atoms with Crippen molar-refractivity contribution in [2.75, 3.05) is 26.7 Å². The first-order valence-corrected chi connectivity index (χ1v) is 11.0. The SMILES string of the molecule is CNC(=O)NC(=O)CN1CCC(Cn2c(COc3ccccc3)nc3ccccc32)CC1. The molecule has 1 fully saturated rings. The normalized spacial score (nSPS) is 14.9. The number of benzene rings is 2. The fourth-order valence-corrected chi connectivity index (χ4v) is 4.12. The first kappa shape index (κ1) is 21.8. The Morgan fingerprint density at radius 1 is 1.06 bits per heavy atom. The maximum atomic E-state index is 12.0. The lowest BCUT2D eigenvalue weighted by molar-refractivity contribution is -0.121. The maximum Gasteiger partial charge on any atom is 0.321 e. The molecule has 168 valence electrons. The summed E-state index contributed by atoms with van der Waals surface area (Å²) in [6.45, 7) is 3.18. The number of likely N-dealkylation sites (tertiary alicyclic amines) is 1. The number of nitrogens with one attached hydrogen (secondary N) is 2. The summed E-state index contributed by atoms with van der Waals surface area (Å²) in [5.41, 5.74) is 2.09. The highest BCUT2D eigenvalue weighted by Crippen LogP contribution is 2.24. The Kier molecular flexibility index (Phi) is 7.01. The van der Waals surface area contributed by atoms with Crippen LogP contribution in [-0.2, 0) is 17.9 Å². The van der Waals surface area contributed by atoms with Crippen molar-refractivity contribution in [1.82, 2.24) is 25.1 Å². The third-order valence-electron chi connectivity index (χ3n) is 5.84. The lowest BCUT2D eigenvalue weighted by atomic mass is 9.96. The molecule has 2 aromatic carbocycles. The number of nitrogens with zero attached hydrogens (tertiary/aromatic N) is 3.